The summed E-state index contributed by atoms with van der Waals surface area (Å²) in [6.07, 6.45) is 0. The van der Waals surface area contributed by atoms with Crippen LogP contribution in [0, 0.1) is 11.8 Å². The molecule has 0 radical (unpaired) electrons. The van der Waals surface area contributed by atoms with E-state index in [2.05, 4.69) is 27.7 Å². The molecule has 8 heavy (non-hydrogen) atoms. The summed E-state index contributed by atoms with van der Waals surface area (Å²) in [5, 5.41) is 0. The largest absolute Gasteiger partial charge is 0.328 e. The third-order valence-electron chi connectivity index (χ3n) is 1.88. The van der Waals surface area contributed by atoms with Crippen molar-refractivity contribution in [2.24, 2.45) is 17.6 Å². The maximum absolute atomic E-state index is 5.64. The van der Waals surface area contributed by atoms with Gasteiger partial charge < -0.3 is 5.73 Å². The average Bonchev–Trinajstić information content (AvgIpc) is 1.64. The van der Waals surface area contributed by atoms with Gasteiger partial charge in [-0.3, -0.25) is 0 Å². The topological polar surface area (TPSA) is 26.0 Å². The molecule has 0 bridgehead atoms. The first-order valence-corrected chi connectivity index (χ1v) is 3.31. The Kier molecular flexibility index (Phi) is 3.06. The van der Waals surface area contributed by atoms with E-state index in [1.807, 2.05) is 0 Å². The van der Waals surface area contributed by atoms with E-state index in [0.717, 1.165) is 5.92 Å². The second kappa shape index (κ2) is 3.08. The van der Waals surface area contributed by atoms with Gasteiger partial charge in [0.1, 0.15) is 0 Å². The van der Waals surface area contributed by atoms with Crippen molar-refractivity contribution in [2.75, 3.05) is 0 Å². The van der Waals surface area contributed by atoms with E-state index >= 15 is 0 Å². The molecule has 0 aromatic rings. The molecule has 0 heterocycles. The second-order valence-corrected chi connectivity index (χ2v) is 2.96. The molecule has 0 aliphatic carbocycles. The Morgan fingerprint density at radius 3 is 1.38 bits per heavy atom. The zero-order chi connectivity index (χ0) is 6.73. The molecular weight excluding hydrogens is 98.1 g/mol. The lowest BCUT2D eigenvalue weighted by Crippen LogP contribution is -2.27. The maximum Gasteiger partial charge on any atom is 0.00385 e. The molecule has 0 aromatic carbocycles. The Bertz CT molecular complexity index is 49.4. The molecule has 1 nitrogen and oxygen atoms in total. The fraction of sp³-hybridized carbons (Fsp3) is 1.00. The van der Waals surface area contributed by atoms with Gasteiger partial charge in [0, 0.05) is 6.04 Å². The van der Waals surface area contributed by atoms with Crippen molar-refractivity contribution in [2.45, 2.75) is 33.7 Å². The summed E-state index contributed by atoms with van der Waals surface area (Å²) < 4.78 is 0. The van der Waals surface area contributed by atoms with Crippen molar-refractivity contribution in [3.05, 3.63) is 0 Å². The van der Waals surface area contributed by atoms with Gasteiger partial charge in [0.05, 0.1) is 0 Å². The van der Waals surface area contributed by atoms with Crippen LogP contribution >= 0.6 is 0 Å². The molecule has 0 aliphatic heterocycles. The standard InChI is InChI=1S/C7H17N/c1-5(2)6(3)7(4)8/h5-7H,8H2,1-4H3/t6-,7+/m0/s1. The highest BCUT2D eigenvalue weighted by molar-refractivity contribution is 4.65. The van der Waals surface area contributed by atoms with Gasteiger partial charge in [0.25, 0.3) is 0 Å². The smallest absolute Gasteiger partial charge is 0.00385 e. The summed E-state index contributed by atoms with van der Waals surface area (Å²) in [5.41, 5.74) is 5.64. The minimum atomic E-state index is 0.343. The first-order chi connectivity index (χ1) is 3.55. The normalized spacial score (nSPS) is 18.8. The number of hydrogen-bond acceptors (Lipinski definition) is 1. The van der Waals surface area contributed by atoms with Gasteiger partial charge >= 0.3 is 0 Å². The lowest BCUT2D eigenvalue weighted by Gasteiger charge is -2.18. The van der Waals surface area contributed by atoms with Crippen molar-refractivity contribution in [3.8, 4) is 0 Å². The van der Waals surface area contributed by atoms with Gasteiger partial charge in [-0.2, -0.15) is 0 Å². The van der Waals surface area contributed by atoms with Crippen LogP contribution in [0.4, 0.5) is 0 Å². The molecule has 0 aromatic heterocycles. The van der Waals surface area contributed by atoms with Crippen molar-refractivity contribution >= 4 is 0 Å². The molecule has 0 spiro atoms. The van der Waals surface area contributed by atoms with E-state index in [-0.39, 0.29) is 0 Å². The molecule has 0 amide bonds. The number of nitrogens with two attached hydrogens (primary N) is 1. The molecule has 0 saturated carbocycles. The maximum atomic E-state index is 5.64. The molecule has 1 heteroatoms. The predicted molar refractivity (Wildman–Crippen MR) is 37.7 cm³/mol. The summed E-state index contributed by atoms with van der Waals surface area (Å²) in [6.45, 7) is 8.65. The monoisotopic (exact) mass is 115 g/mol. The average molecular weight is 115 g/mol. The van der Waals surface area contributed by atoms with Crippen LogP contribution < -0.4 is 5.73 Å². The van der Waals surface area contributed by atoms with E-state index in [0.29, 0.717) is 12.0 Å². The quantitative estimate of drug-likeness (QED) is 0.581. The summed E-state index contributed by atoms with van der Waals surface area (Å²) in [4.78, 5) is 0. The van der Waals surface area contributed by atoms with Gasteiger partial charge in [-0.15, -0.1) is 0 Å². The molecule has 2 atom stereocenters. The Morgan fingerprint density at radius 1 is 1.00 bits per heavy atom. The molecule has 0 rings (SSSR count). The second-order valence-electron chi connectivity index (χ2n) is 2.96. The fourth-order valence-electron chi connectivity index (χ4n) is 0.607. The highest BCUT2D eigenvalue weighted by Gasteiger charge is 2.10. The van der Waals surface area contributed by atoms with Crippen molar-refractivity contribution in [1.82, 2.24) is 0 Å². The van der Waals surface area contributed by atoms with E-state index in [1.54, 1.807) is 0 Å². The SMILES string of the molecule is CC(C)[C@H](C)[C@@H](C)N. The van der Waals surface area contributed by atoms with Crippen LogP contribution in [0.2, 0.25) is 0 Å². The molecule has 2 N–H and O–H groups in total. The lowest BCUT2D eigenvalue weighted by molar-refractivity contribution is 0.362. The van der Waals surface area contributed by atoms with Crippen LogP contribution in [-0.4, -0.2) is 6.04 Å². The number of hydrogen-bond donors (Lipinski definition) is 1. The first-order valence-electron chi connectivity index (χ1n) is 3.31. The zero-order valence-corrected chi connectivity index (χ0v) is 6.31. The predicted octanol–water partition coefficient (Wildman–Crippen LogP) is 1.63. The Labute approximate surface area is 52.3 Å². The first kappa shape index (κ1) is 7.96. The molecular formula is C7H17N. The highest BCUT2D eigenvalue weighted by atomic mass is 14.6. The third kappa shape index (κ3) is 2.31. The van der Waals surface area contributed by atoms with Gasteiger partial charge in [-0.05, 0) is 18.8 Å². The highest BCUT2D eigenvalue weighted by Crippen LogP contribution is 2.11. The van der Waals surface area contributed by atoms with Crippen LogP contribution in [0.15, 0.2) is 0 Å². The minimum Gasteiger partial charge on any atom is -0.328 e. The number of rotatable bonds is 2. The zero-order valence-electron chi connectivity index (χ0n) is 6.31. The van der Waals surface area contributed by atoms with Crippen LogP contribution in [0.1, 0.15) is 27.7 Å². The van der Waals surface area contributed by atoms with E-state index in [4.69, 9.17) is 5.73 Å². The summed E-state index contributed by atoms with van der Waals surface area (Å²) in [7, 11) is 0. The Hall–Kier alpha value is -0.0400. The van der Waals surface area contributed by atoms with Gasteiger partial charge in [0.2, 0.25) is 0 Å². The minimum absolute atomic E-state index is 0.343. The fourth-order valence-corrected chi connectivity index (χ4v) is 0.607. The van der Waals surface area contributed by atoms with Crippen LogP contribution in [0.5, 0.6) is 0 Å². The molecule has 0 fully saturated rings. The lowest BCUT2D eigenvalue weighted by atomic mass is 9.92. The van der Waals surface area contributed by atoms with Crippen molar-refractivity contribution < 1.29 is 0 Å². The van der Waals surface area contributed by atoms with Gasteiger partial charge in [-0.25, -0.2) is 0 Å². The summed E-state index contributed by atoms with van der Waals surface area (Å²) in [6, 6.07) is 0.343. The molecule has 0 unspecified atom stereocenters. The summed E-state index contributed by atoms with van der Waals surface area (Å²) >= 11 is 0. The molecule has 0 aliphatic rings. The molecule has 50 valence electrons. The van der Waals surface area contributed by atoms with Crippen LogP contribution in [0.3, 0.4) is 0 Å². The summed E-state index contributed by atoms with van der Waals surface area (Å²) in [5.74, 6) is 1.37. The Morgan fingerprint density at radius 2 is 1.38 bits per heavy atom. The van der Waals surface area contributed by atoms with Crippen molar-refractivity contribution in [3.63, 3.8) is 0 Å². The van der Waals surface area contributed by atoms with E-state index in [9.17, 15) is 0 Å². The Balaban J connectivity index is 3.46. The van der Waals surface area contributed by atoms with E-state index in [1.165, 1.54) is 0 Å². The van der Waals surface area contributed by atoms with Crippen LogP contribution in [-0.2, 0) is 0 Å². The molecule has 0 saturated heterocycles. The third-order valence-corrected chi connectivity index (χ3v) is 1.88. The van der Waals surface area contributed by atoms with Gasteiger partial charge in [-0.1, -0.05) is 20.8 Å². The van der Waals surface area contributed by atoms with E-state index < -0.39 is 0 Å². The van der Waals surface area contributed by atoms with Crippen molar-refractivity contribution in [1.29, 1.82) is 0 Å². The van der Waals surface area contributed by atoms with Crippen LogP contribution in [0.25, 0.3) is 0 Å². The van der Waals surface area contributed by atoms with Gasteiger partial charge in [0.15, 0.2) is 0 Å².